The lowest BCUT2D eigenvalue weighted by Crippen LogP contribution is -2.45. The quantitative estimate of drug-likeness (QED) is 0.849. The van der Waals surface area contributed by atoms with Crippen LogP contribution in [0.3, 0.4) is 0 Å². The summed E-state index contributed by atoms with van der Waals surface area (Å²) in [5.41, 5.74) is 7.02. The molecule has 1 unspecified atom stereocenters. The van der Waals surface area contributed by atoms with Crippen molar-refractivity contribution in [2.45, 2.75) is 31.8 Å². The third-order valence-corrected chi connectivity index (χ3v) is 3.42. The highest BCUT2D eigenvalue weighted by molar-refractivity contribution is 5.82. The molecule has 1 aliphatic heterocycles. The maximum atomic E-state index is 13.7. The van der Waals surface area contributed by atoms with Gasteiger partial charge in [0, 0.05) is 30.3 Å². The van der Waals surface area contributed by atoms with Crippen LogP contribution in [0.4, 0.5) is 10.1 Å². The monoisotopic (exact) mass is 252 g/mol. The van der Waals surface area contributed by atoms with Crippen molar-refractivity contribution < 1.29 is 14.3 Å². The molecule has 0 fully saturated rings. The van der Waals surface area contributed by atoms with Gasteiger partial charge >= 0.3 is 5.97 Å². The van der Waals surface area contributed by atoms with Crippen LogP contribution in [0.5, 0.6) is 0 Å². The van der Waals surface area contributed by atoms with E-state index in [9.17, 15) is 14.3 Å². The van der Waals surface area contributed by atoms with Gasteiger partial charge in [-0.3, -0.25) is 0 Å². The van der Waals surface area contributed by atoms with E-state index < -0.39 is 12.0 Å². The number of hydrogen-bond donors (Lipinski definition) is 2. The number of aliphatic carboxylic acids is 1. The molecular formula is C13H17FN2O2. The van der Waals surface area contributed by atoms with Crippen molar-refractivity contribution in [3.05, 3.63) is 29.6 Å². The van der Waals surface area contributed by atoms with Gasteiger partial charge in [0.1, 0.15) is 11.9 Å². The summed E-state index contributed by atoms with van der Waals surface area (Å²) in [5, 5.41) is 9.23. The zero-order valence-electron chi connectivity index (χ0n) is 10.3. The van der Waals surface area contributed by atoms with Gasteiger partial charge in [-0.15, -0.1) is 0 Å². The summed E-state index contributed by atoms with van der Waals surface area (Å²) in [6.45, 7) is 2.38. The number of carboxylic acid groups (broad SMARTS) is 1. The smallest absolute Gasteiger partial charge is 0.326 e. The first-order valence-corrected chi connectivity index (χ1v) is 6.07. The minimum Gasteiger partial charge on any atom is -0.480 e. The van der Waals surface area contributed by atoms with Gasteiger partial charge in [0.25, 0.3) is 0 Å². The van der Waals surface area contributed by atoms with Gasteiger partial charge in [0.2, 0.25) is 0 Å². The number of halogens is 1. The van der Waals surface area contributed by atoms with Crippen LogP contribution in [0.15, 0.2) is 18.2 Å². The highest BCUT2D eigenvalue weighted by Gasteiger charge is 2.36. The molecule has 0 bridgehead atoms. The predicted octanol–water partition coefficient (Wildman–Crippen LogP) is 1.38. The van der Waals surface area contributed by atoms with Crippen LogP contribution >= 0.6 is 0 Å². The van der Waals surface area contributed by atoms with Gasteiger partial charge in [-0.25, -0.2) is 9.18 Å². The Hall–Kier alpha value is -1.62. The average Bonchev–Trinajstić information content (AvgIpc) is 2.70. The molecule has 98 valence electrons. The zero-order valence-corrected chi connectivity index (χ0v) is 10.3. The fourth-order valence-electron chi connectivity index (χ4n) is 2.32. The molecule has 1 aliphatic rings. The van der Waals surface area contributed by atoms with Crippen LogP contribution < -0.4 is 10.6 Å². The topological polar surface area (TPSA) is 66.6 Å². The van der Waals surface area contributed by atoms with Crippen molar-refractivity contribution in [1.82, 2.24) is 0 Å². The third-order valence-electron chi connectivity index (χ3n) is 3.42. The molecule has 5 heteroatoms. The highest BCUT2D eigenvalue weighted by atomic mass is 19.1. The molecule has 1 aromatic rings. The summed E-state index contributed by atoms with van der Waals surface area (Å²) in [5.74, 6) is -1.28. The van der Waals surface area contributed by atoms with Gasteiger partial charge < -0.3 is 15.7 Å². The zero-order chi connectivity index (χ0) is 13.3. The van der Waals surface area contributed by atoms with Crippen LogP contribution in [0, 0.1) is 5.82 Å². The SMILES string of the molecule is CC[C@H](N)CN1c2cccc(F)c2CC1C(=O)O. The highest BCUT2D eigenvalue weighted by Crippen LogP contribution is 2.34. The Kier molecular flexibility index (Phi) is 3.52. The number of rotatable bonds is 4. The molecule has 0 aromatic heterocycles. The van der Waals surface area contributed by atoms with Gasteiger partial charge in [-0.1, -0.05) is 13.0 Å². The Labute approximate surface area is 105 Å². The summed E-state index contributed by atoms with van der Waals surface area (Å²) in [6.07, 6.45) is 0.960. The van der Waals surface area contributed by atoms with E-state index in [1.165, 1.54) is 6.07 Å². The van der Waals surface area contributed by atoms with Gasteiger partial charge in [0.15, 0.2) is 0 Å². The second-order valence-corrected chi connectivity index (χ2v) is 4.62. The Morgan fingerprint density at radius 2 is 2.39 bits per heavy atom. The average molecular weight is 252 g/mol. The van der Waals surface area contributed by atoms with E-state index in [0.717, 1.165) is 6.42 Å². The van der Waals surface area contributed by atoms with E-state index in [1.54, 1.807) is 17.0 Å². The fourth-order valence-corrected chi connectivity index (χ4v) is 2.32. The van der Waals surface area contributed by atoms with Crippen molar-refractivity contribution in [3.8, 4) is 0 Å². The van der Waals surface area contributed by atoms with Crippen LogP contribution in [-0.2, 0) is 11.2 Å². The second-order valence-electron chi connectivity index (χ2n) is 4.62. The Bertz CT molecular complexity index is 464. The number of fused-ring (bicyclic) bond motifs is 1. The Morgan fingerprint density at radius 1 is 1.67 bits per heavy atom. The minimum absolute atomic E-state index is 0.110. The molecule has 2 atom stereocenters. The lowest BCUT2D eigenvalue weighted by atomic mass is 10.1. The van der Waals surface area contributed by atoms with Crippen LogP contribution in [0.25, 0.3) is 0 Å². The molecule has 0 aliphatic carbocycles. The van der Waals surface area contributed by atoms with Crippen LogP contribution in [-0.4, -0.2) is 29.7 Å². The van der Waals surface area contributed by atoms with E-state index >= 15 is 0 Å². The number of nitrogens with two attached hydrogens (primary N) is 1. The summed E-state index contributed by atoms with van der Waals surface area (Å²) >= 11 is 0. The summed E-state index contributed by atoms with van der Waals surface area (Å²) in [6, 6.07) is 3.89. The molecule has 0 saturated carbocycles. The molecule has 2 rings (SSSR count). The molecule has 0 radical (unpaired) electrons. The first kappa shape index (κ1) is 12.8. The van der Waals surface area contributed by atoms with Gasteiger partial charge in [-0.05, 0) is 18.6 Å². The van der Waals surface area contributed by atoms with Crippen molar-refractivity contribution in [3.63, 3.8) is 0 Å². The number of hydrogen-bond acceptors (Lipinski definition) is 3. The molecule has 18 heavy (non-hydrogen) atoms. The van der Waals surface area contributed by atoms with Crippen molar-refractivity contribution in [1.29, 1.82) is 0 Å². The predicted molar refractivity (Wildman–Crippen MR) is 67.1 cm³/mol. The molecule has 4 nitrogen and oxygen atoms in total. The molecule has 0 spiro atoms. The van der Waals surface area contributed by atoms with Crippen molar-refractivity contribution >= 4 is 11.7 Å². The van der Waals surface area contributed by atoms with E-state index in [1.807, 2.05) is 6.92 Å². The Balaban J connectivity index is 2.34. The normalized spacial score (nSPS) is 19.7. The first-order chi connectivity index (χ1) is 8.54. The van der Waals surface area contributed by atoms with E-state index in [4.69, 9.17) is 5.73 Å². The summed E-state index contributed by atoms with van der Waals surface area (Å²) in [7, 11) is 0. The summed E-state index contributed by atoms with van der Waals surface area (Å²) < 4.78 is 13.7. The second kappa shape index (κ2) is 4.94. The molecule has 1 heterocycles. The molecular weight excluding hydrogens is 235 g/mol. The first-order valence-electron chi connectivity index (χ1n) is 6.07. The maximum Gasteiger partial charge on any atom is 0.326 e. The molecule has 1 aromatic carbocycles. The largest absolute Gasteiger partial charge is 0.480 e. The number of benzene rings is 1. The van der Waals surface area contributed by atoms with Crippen molar-refractivity contribution in [2.24, 2.45) is 5.73 Å². The van der Waals surface area contributed by atoms with E-state index in [2.05, 4.69) is 0 Å². The third kappa shape index (κ3) is 2.18. The standard InChI is InChI=1S/C13H17FN2O2/c1-2-8(15)7-16-11-5-3-4-10(14)9(11)6-12(16)13(17)18/h3-5,8,12H,2,6-7,15H2,1H3,(H,17,18)/t8-,12?/m0/s1. The molecule has 0 amide bonds. The molecule has 0 saturated heterocycles. The fraction of sp³-hybridized carbons (Fsp3) is 0.462. The minimum atomic E-state index is -0.936. The number of carboxylic acids is 1. The van der Waals surface area contributed by atoms with Crippen LogP contribution in [0.1, 0.15) is 18.9 Å². The van der Waals surface area contributed by atoms with Crippen LogP contribution in [0.2, 0.25) is 0 Å². The number of nitrogens with zero attached hydrogens (tertiary/aromatic N) is 1. The van der Waals surface area contributed by atoms with Gasteiger partial charge in [-0.2, -0.15) is 0 Å². The Morgan fingerprint density at radius 3 is 3.00 bits per heavy atom. The lowest BCUT2D eigenvalue weighted by molar-refractivity contribution is -0.138. The maximum absolute atomic E-state index is 13.7. The van der Waals surface area contributed by atoms with Gasteiger partial charge in [0.05, 0.1) is 0 Å². The summed E-state index contributed by atoms with van der Waals surface area (Å²) in [4.78, 5) is 13.0. The lowest BCUT2D eigenvalue weighted by Gasteiger charge is -2.27. The van der Waals surface area contributed by atoms with E-state index in [-0.39, 0.29) is 18.3 Å². The van der Waals surface area contributed by atoms with E-state index in [0.29, 0.717) is 17.8 Å². The number of carbonyl (C=O) groups is 1. The molecule has 3 N–H and O–H groups in total. The van der Waals surface area contributed by atoms with Crippen molar-refractivity contribution in [2.75, 3.05) is 11.4 Å². The number of anilines is 1.